The van der Waals surface area contributed by atoms with E-state index in [0.717, 1.165) is 40.8 Å². The molecule has 0 unspecified atom stereocenters. The van der Waals surface area contributed by atoms with Gasteiger partial charge >= 0.3 is 0 Å². The highest BCUT2D eigenvalue weighted by Gasteiger charge is 2.23. The summed E-state index contributed by atoms with van der Waals surface area (Å²) in [7, 11) is 1.57. The molecule has 1 aliphatic heterocycles. The van der Waals surface area contributed by atoms with Gasteiger partial charge in [0.05, 0.1) is 34.6 Å². The maximum absolute atomic E-state index is 9.78. The number of pyridine rings is 2. The lowest BCUT2D eigenvalue weighted by Crippen LogP contribution is -2.35. The Kier molecular flexibility index (Phi) is 7.94. The summed E-state index contributed by atoms with van der Waals surface area (Å²) in [4.78, 5) is 11.4. The second-order valence-electron chi connectivity index (χ2n) is 9.48. The Morgan fingerprint density at radius 1 is 1.05 bits per heavy atom. The van der Waals surface area contributed by atoms with Crippen LogP contribution in [0.4, 0.5) is 0 Å². The number of rotatable bonds is 6. The SMILES string of the molecule is [CH2]c1ccc(-c2cccc(-c3ccnc(-c4cc(Cl)c5c(c4)CCN(C[C@H](C)O)C5)c3Cl)c2Cl)nc1OC. The fourth-order valence-electron chi connectivity index (χ4n) is 4.93. The van der Waals surface area contributed by atoms with Crippen LogP contribution in [-0.2, 0) is 13.0 Å². The van der Waals surface area contributed by atoms with E-state index in [1.165, 1.54) is 5.56 Å². The van der Waals surface area contributed by atoms with E-state index in [1.54, 1.807) is 20.2 Å². The molecule has 195 valence electrons. The monoisotopic (exact) mass is 566 g/mol. The zero-order valence-corrected chi connectivity index (χ0v) is 23.4. The van der Waals surface area contributed by atoms with Gasteiger partial charge in [-0.3, -0.25) is 9.88 Å². The van der Waals surface area contributed by atoms with Crippen molar-refractivity contribution in [3.63, 3.8) is 0 Å². The second kappa shape index (κ2) is 11.2. The number of benzene rings is 2. The molecular formula is C30H27Cl3N3O2. The fraction of sp³-hybridized carbons (Fsp3) is 0.233. The predicted molar refractivity (Wildman–Crippen MR) is 155 cm³/mol. The number of hydrogen-bond acceptors (Lipinski definition) is 5. The standard InChI is InChI=1S/C30H27Cl3N3O2/c1-17-7-8-26(35-30(17)38-3)23-6-4-5-21(27(23)32)22-9-11-34-29(28(22)33)20-13-19-10-12-36(15-18(2)37)16-24(19)25(31)14-20/h4-9,11,13-14,18,37H,1,10,12,15-16H2,2-3H3/t18-/m0/s1. The molecule has 1 aliphatic rings. The highest BCUT2D eigenvalue weighted by molar-refractivity contribution is 6.39. The molecule has 4 aromatic rings. The molecule has 5 rings (SSSR count). The number of hydrogen-bond donors (Lipinski definition) is 1. The average molecular weight is 568 g/mol. The summed E-state index contributed by atoms with van der Waals surface area (Å²) < 4.78 is 5.35. The number of aliphatic hydroxyl groups excluding tert-OH is 1. The maximum atomic E-state index is 9.78. The van der Waals surface area contributed by atoms with Gasteiger partial charge in [0.1, 0.15) is 0 Å². The molecule has 1 atom stereocenters. The predicted octanol–water partition coefficient (Wildman–Crippen LogP) is 7.37. The lowest BCUT2D eigenvalue weighted by Gasteiger charge is -2.30. The van der Waals surface area contributed by atoms with Crippen molar-refractivity contribution in [2.75, 3.05) is 20.2 Å². The Morgan fingerprint density at radius 2 is 1.82 bits per heavy atom. The fourth-order valence-corrected chi connectivity index (χ4v) is 5.87. The van der Waals surface area contributed by atoms with E-state index in [2.05, 4.69) is 27.9 Å². The van der Waals surface area contributed by atoms with Crippen LogP contribution >= 0.6 is 34.8 Å². The van der Waals surface area contributed by atoms with Crippen molar-refractivity contribution in [3.05, 3.63) is 93.4 Å². The van der Waals surface area contributed by atoms with Gasteiger partial charge in [0.2, 0.25) is 5.88 Å². The van der Waals surface area contributed by atoms with Crippen molar-refractivity contribution >= 4 is 34.8 Å². The molecule has 0 fully saturated rings. The van der Waals surface area contributed by atoms with E-state index in [1.807, 2.05) is 42.5 Å². The average Bonchev–Trinajstić information content (AvgIpc) is 2.89. The third kappa shape index (κ3) is 5.27. The molecule has 1 radical (unpaired) electrons. The normalized spacial score (nSPS) is 14.3. The van der Waals surface area contributed by atoms with E-state index >= 15 is 0 Å². The number of nitrogens with zero attached hydrogens (tertiary/aromatic N) is 3. The lowest BCUT2D eigenvalue weighted by molar-refractivity contribution is 0.119. The zero-order chi connectivity index (χ0) is 27.0. The van der Waals surface area contributed by atoms with Crippen molar-refractivity contribution in [3.8, 4) is 39.5 Å². The van der Waals surface area contributed by atoms with E-state index < -0.39 is 0 Å². The highest BCUT2D eigenvalue weighted by atomic mass is 35.5. The zero-order valence-electron chi connectivity index (χ0n) is 21.1. The Labute approximate surface area is 238 Å². The molecule has 0 spiro atoms. The number of fused-ring (bicyclic) bond motifs is 1. The van der Waals surface area contributed by atoms with Crippen LogP contribution in [0.5, 0.6) is 5.88 Å². The topological polar surface area (TPSA) is 58.5 Å². The van der Waals surface area contributed by atoms with Gasteiger partial charge in [-0.2, -0.15) is 0 Å². The van der Waals surface area contributed by atoms with E-state index in [9.17, 15) is 5.11 Å². The minimum atomic E-state index is -0.383. The van der Waals surface area contributed by atoms with Gasteiger partial charge in [-0.05, 0) is 55.7 Å². The number of β-amino-alcohol motifs (C(OH)–C–C–N with tert-alkyl or cyclic N) is 1. The molecule has 1 N–H and O–H groups in total. The van der Waals surface area contributed by atoms with Crippen molar-refractivity contribution in [1.29, 1.82) is 0 Å². The van der Waals surface area contributed by atoms with Crippen LogP contribution in [-0.4, -0.2) is 46.3 Å². The van der Waals surface area contributed by atoms with Crippen LogP contribution in [0.15, 0.2) is 54.7 Å². The second-order valence-corrected chi connectivity index (χ2v) is 10.6. The van der Waals surface area contributed by atoms with Gasteiger partial charge in [0, 0.05) is 58.7 Å². The first kappa shape index (κ1) is 26.9. The molecule has 0 saturated carbocycles. The number of aliphatic hydroxyl groups is 1. The number of halogens is 3. The first-order valence-corrected chi connectivity index (χ1v) is 13.4. The van der Waals surface area contributed by atoms with Crippen LogP contribution in [0.25, 0.3) is 33.6 Å². The van der Waals surface area contributed by atoms with Crippen molar-refractivity contribution in [2.45, 2.75) is 26.0 Å². The molecule has 2 aromatic carbocycles. The third-order valence-electron chi connectivity index (χ3n) is 6.75. The molecule has 8 heteroatoms. The van der Waals surface area contributed by atoms with Gasteiger partial charge in [-0.15, -0.1) is 0 Å². The van der Waals surface area contributed by atoms with Gasteiger partial charge in [0.25, 0.3) is 0 Å². The molecule has 2 aromatic heterocycles. The number of methoxy groups -OCH3 is 1. The summed E-state index contributed by atoms with van der Waals surface area (Å²) in [6, 6.07) is 15.4. The highest BCUT2D eigenvalue weighted by Crippen LogP contribution is 2.42. The molecule has 0 amide bonds. The summed E-state index contributed by atoms with van der Waals surface area (Å²) in [5.74, 6) is 0.450. The van der Waals surface area contributed by atoms with Gasteiger partial charge in [-0.25, -0.2) is 4.98 Å². The van der Waals surface area contributed by atoms with Crippen molar-refractivity contribution in [1.82, 2.24) is 14.9 Å². The number of aromatic nitrogens is 2. The molecule has 38 heavy (non-hydrogen) atoms. The van der Waals surface area contributed by atoms with Crippen LogP contribution in [0, 0.1) is 6.92 Å². The van der Waals surface area contributed by atoms with Crippen LogP contribution < -0.4 is 4.74 Å². The summed E-state index contributed by atoms with van der Waals surface area (Å²) in [5.41, 5.74) is 7.43. The first-order chi connectivity index (χ1) is 18.3. The van der Waals surface area contributed by atoms with E-state index in [-0.39, 0.29) is 6.10 Å². The Balaban J connectivity index is 1.53. The van der Waals surface area contributed by atoms with E-state index in [0.29, 0.717) is 51.0 Å². The largest absolute Gasteiger partial charge is 0.481 e. The van der Waals surface area contributed by atoms with Crippen LogP contribution in [0.2, 0.25) is 15.1 Å². The number of ether oxygens (including phenoxy) is 1. The van der Waals surface area contributed by atoms with Crippen molar-refractivity contribution < 1.29 is 9.84 Å². The van der Waals surface area contributed by atoms with E-state index in [4.69, 9.17) is 39.5 Å². The third-order valence-corrected chi connectivity index (χ3v) is 7.88. The first-order valence-electron chi connectivity index (χ1n) is 12.3. The molecule has 0 aliphatic carbocycles. The summed E-state index contributed by atoms with van der Waals surface area (Å²) >= 11 is 20.7. The van der Waals surface area contributed by atoms with Gasteiger partial charge in [-0.1, -0.05) is 59.1 Å². The van der Waals surface area contributed by atoms with Crippen LogP contribution in [0.3, 0.4) is 0 Å². The molecular weight excluding hydrogens is 541 g/mol. The Hall–Kier alpha value is -2.67. The summed E-state index contributed by atoms with van der Waals surface area (Å²) in [6.45, 7) is 7.93. The minimum Gasteiger partial charge on any atom is -0.481 e. The molecule has 0 saturated heterocycles. The van der Waals surface area contributed by atoms with Crippen molar-refractivity contribution in [2.24, 2.45) is 0 Å². The van der Waals surface area contributed by atoms with Gasteiger partial charge < -0.3 is 9.84 Å². The summed E-state index contributed by atoms with van der Waals surface area (Å²) in [6.07, 6.45) is 2.19. The minimum absolute atomic E-state index is 0.383. The van der Waals surface area contributed by atoms with Crippen LogP contribution in [0.1, 0.15) is 23.6 Å². The smallest absolute Gasteiger partial charge is 0.216 e. The quantitative estimate of drug-likeness (QED) is 0.264. The molecule has 3 heterocycles. The van der Waals surface area contributed by atoms with Gasteiger partial charge in [0.15, 0.2) is 0 Å². The maximum Gasteiger partial charge on any atom is 0.216 e. The molecule has 0 bridgehead atoms. The Morgan fingerprint density at radius 3 is 2.58 bits per heavy atom. The Bertz CT molecular complexity index is 1510. The molecule has 5 nitrogen and oxygen atoms in total. The summed E-state index contributed by atoms with van der Waals surface area (Å²) in [5, 5.41) is 11.5. The lowest BCUT2D eigenvalue weighted by atomic mass is 9.94.